The van der Waals surface area contributed by atoms with Crippen molar-refractivity contribution in [3.05, 3.63) is 29.3 Å². The molecule has 0 aliphatic carbocycles. The molecule has 0 saturated carbocycles. The molecule has 1 aromatic rings. The first-order valence-corrected chi connectivity index (χ1v) is 5.28. The molecule has 1 amide bonds. The first-order valence-electron chi connectivity index (χ1n) is 5.28. The highest BCUT2D eigenvalue weighted by Crippen LogP contribution is 2.25. The minimum Gasteiger partial charge on any atom is -0.373 e. The van der Waals surface area contributed by atoms with Gasteiger partial charge in [0.2, 0.25) is 5.91 Å². The molecule has 1 aliphatic heterocycles. The summed E-state index contributed by atoms with van der Waals surface area (Å²) in [5, 5.41) is 5.94. The Labute approximate surface area is 89.9 Å². The zero-order valence-electron chi connectivity index (χ0n) is 9.13. The van der Waals surface area contributed by atoms with Crippen LogP contribution in [-0.2, 0) is 11.2 Å². The van der Waals surface area contributed by atoms with Crippen LogP contribution in [0.3, 0.4) is 0 Å². The summed E-state index contributed by atoms with van der Waals surface area (Å²) in [6.45, 7) is 2.09. The van der Waals surface area contributed by atoms with Gasteiger partial charge in [-0.25, -0.2) is 0 Å². The van der Waals surface area contributed by atoms with Crippen molar-refractivity contribution in [2.75, 3.05) is 12.4 Å². The fraction of sp³-hybridized carbons (Fsp3) is 0.417. The van der Waals surface area contributed by atoms with Crippen LogP contribution >= 0.6 is 0 Å². The summed E-state index contributed by atoms with van der Waals surface area (Å²) in [4.78, 5) is 11.5. The van der Waals surface area contributed by atoms with Crippen molar-refractivity contribution in [1.82, 2.24) is 5.32 Å². The molecule has 0 bridgehead atoms. The second-order valence-electron chi connectivity index (χ2n) is 4.01. The Morgan fingerprint density at radius 2 is 2.33 bits per heavy atom. The third-order valence-electron chi connectivity index (χ3n) is 2.86. The predicted octanol–water partition coefficient (Wildman–Crippen LogP) is 1.47. The van der Waals surface area contributed by atoms with E-state index in [2.05, 4.69) is 35.8 Å². The molecule has 0 radical (unpaired) electrons. The average molecular weight is 204 g/mol. The molecule has 1 aliphatic rings. The smallest absolute Gasteiger partial charge is 0.242 e. The first-order chi connectivity index (χ1) is 7.20. The quantitative estimate of drug-likeness (QED) is 0.727. The Bertz CT molecular complexity index is 387. The van der Waals surface area contributed by atoms with Crippen LogP contribution in [0.25, 0.3) is 0 Å². The first kappa shape index (κ1) is 10.0. The number of nitrogens with one attached hydrogen (secondary N) is 2. The normalized spacial score (nSPS) is 18.9. The minimum absolute atomic E-state index is 0.0706. The number of anilines is 1. The number of aryl methyl sites for hydroxylation is 2. The largest absolute Gasteiger partial charge is 0.373 e. The predicted molar refractivity (Wildman–Crippen MR) is 61.0 cm³/mol. The minimum atomic E-state index is -0.0785. The second-order valence-corrected chi connectivity index (χ2v) is 4.01. The van der Waals surface area contributed by atoms with Crippen LogP contribution in [0.15, 0.2) is 18.2 Å². The van der Waals surface area contributed by atoms with Gasteiger partial charge in [-0.3, -0.25) is 4.79 Å². The maximum Gasteiger partial charge on any atom is 0.242 e. The van der Waals surface area contributed by atoms with Gasteiger partial charge in [0.1, 0.15) is 6.04 Å². The zero-order chi connectivity index (χ0) is 10.8. The Morgan fingerprint density at radius 1 is 1.53 bits per heavy atom. The van der Waals surface area contributed by atoms with E-state index in [0.717, 1.165) is 18.5 Å². The zero-order valence-corrected chi connectivity index (χ0v) is 9.13. The average Bonchev–Trinajstić information content (AvgIpc) is 2.27. The van der Waals surface area contributed by atoms with Gasteiger partial charge in [0.05, 0.1) is 0 Å². The Morgan fingerprint density at radius 3 is 3.07 bits per heavy atom. The number of hydrogen-bond acceptors (Lipinski definition) is 2. The Hall–Kier alpha value is -1.51. The number of carbonyl (C=O) groups is 1. The van der Waals surface area contributed by atoms with Crippen LogP contribution in [0, 0.1) is 6.92 Å². The van der Waals surface area contributed by atoms with Crippen LogP contribution in [0.4, 0.5) is 5.69 Å². The van der Waals surface area contributed by atoms with E-state index in [-0.39, 0.29) is 11.9 Å². The van der Waals surface area contributed by atoms with Crippen molar-refractivity contribution in [2.24, 2.45) is 0 Å². The molecular weight excluding hydrogens is 188 g/mol. The van der Waals surface area contributed by atoms with Crippen LogP contribution in [0.2, 0.25) is 0 Å². The summed E-state index contributed by atoms with van der Waals surface area (Å²) < 4.78 is 0. The molecule has 1 atom stereocenters. The molecule has 0 spiro atoms. The van der Waals surface area contributed by atoms with Gasteiger partial charge in [-0.2, -0.15) is 0 Å². The van der Waals surface area contributed by atoms with Gasteiger partial charge >= 0.3 is 0 Å². The lowest BCUT2D eigenvalue weighted by Crippen LogP contribution is -2.40. The molecule has 1 heterocycles. The van der Waals surface area contributed by atoms with Gasteiger partial charge in [0.15, 0.2) is 0 Å². The van der Waals surface area contributed by atoms with Gasteiger partial charge in [-0.05, 0) is 31.4 Å². The third kappa shape index (κ3) is 1.96. The lowest BCUT2D eigenvalue weighted by molar-refractivity contribution is -0.121. The van der Waals surface area contributed by atoms with E-state index >= 15 is 0 Å². The van der Waals surface area contributed by atoms with Gasteiger partial charge < -0.3 is 10.6 Å². The van der Waals surface area contributed by atoms with E-state index in [9.17, 15) is 4.79 Å². The molecular formula is C12H16N2O. The number of hydrogen-bond donors (Lipinski definition) is 2. The fourth-order valence-corrected chi connectivity index (χ4v) is 2.00. The van der Waals surface area contributed by atoms with Crippen molar-refractivity contribution in [3.8, 4) is 0 Å². The molecule has 0 aromatic heterocycles. The standard InChI is InChI=1S/C12H16N2O/c1-8-3-5-10-9(7-8)4-6-11(14-10)12(15)13-2/h3,5,7,11,14H,4,6H2,1-2H3,(H,13,15). The van der Waals surface area contributed by atoms with Gasteiger partial charge in [0, 0.05) is 12.7 Å². The summed E-state index contributed by atoms with van der Waals surface area (Å²) >= 11 is 0. The molecule has 0 fully saturated rings. The summed E-state index contributed by atoms with van der Waals surface area (Å²) in [5.74, 6) is 0.0706. The monoisotopic (exact) mass is 204 g/mol. The third-order valence-corrected chi connectivity index (χ3v) is 2.86. The van der Waals surface area contributed by atoms with Crippen LogP contribution in [0.5, 0.6) is 0 Å². The lowest BCUT2D eigenvalue weighted by atomic mass is 9.96. The maximum atomic E-state index is 11.5. The molecule has 2 rings (SSSR count). The fourth-order valence-electron chi connectivity index (χ4n) is 2.00. The number of fused-ring (bicyclic) bond motifs is 1. The van der Waals surface area contributed by atoms with Crippen LogP contribution < -0.4 is 10.6 Å². The highest BCUT2D eigenvalue weighted by Gasteiger charge is 2.22. The number of amides is 1. The van der Waals surface area contributed by atoms with Gasteiger partial charge in [-0.15, -0.1) is 0 Å². The van der Waals surface area contributed by atoms with Gasteiger partial charge in [0.25, 0.3) is 0 Å². The second kappa shape index (κ2) is 3.93. The van der Waals surface area contributed by atoms with Crippen molar-refractivity contribution in [2.45, 2.75) is 25.8 Å². The molecule has 2 N–H and O–H groups in total. The van der Waals surface area contributed by atoms with E-state index in [4.69, 9.17) is 0 Å². The summed E-state index contributed by atoms with van der Waals surface area (Å²) in [6.07, 6.45) is 1.85. The molecule has 3 nitrogen and oxygen atoms in total. The summed E-state index contributed by atoms with van der Waals surface area (Å²) in [5.41, 5.74) is 3.68. The van der Waals surface area contributed by atoms with Crippen molar-refractivity contribution in [3.63, 3.8) is 0 Å². The molecule has 15 heavy (non-hydrogen) atoms. The SMILES string of the molecule is CNC(=O)C1CCc2cc(C)ccc2N1. The molecule has 0 saturated heterocycles. The topological polar surface area (TPSA) is 41.1 Å². The lowest BCUT2D eigenvalue weighted by Gasteiger charge is -2.25. The number of benzene rings is 1. The molecule has 3 heteroatoms. The van der Waals surface area contributed by atoms with E-state index in [1.54, 1.807) is 7.05 Å². The van der Waals surface area contributed by atoms with Crippen LogP contribution in [-0.4, -0.2) is 19.0 Å². The van der Waals surface area contributed by atoms with E-state index < -0.39 is 0 Å². The van der Waals surface area contributed by atoms with Crippen LogP contribution in [0.1, 0.15) is 17.5 Å². The number of rotatable bonds is 1. The molecule has 1 unspecified atom stereocenters. The van der Waals surface area contributed by atoms with Crippen molar-refractivity contribution in [1.29, 1.82) is 0 Å². The number of carbonyl (C=O) groups excluding carboxylic acids is 1. The summed E-state index contributed by atoms with van der Waals surface area (Å²) in [7, 11) is 1.68. The van der Waals surface area contributed by atoms with E-state index in [0.29, 0.717) is 0 Å². The molecule has 80 valence electrons. The molecule has 1 aromatic carbocycles. The summed E-state index contributed by atoms with van der Waals surface area (Å²) in [6, 6.07) is 6.23. The van der Waals surface area contributed by atoms with E-state index in [1.807, 2.05) is 0 Å². The van der Waals surface area contributed by atoms with Crippen molar-refractivity contribution < 1.29 is 4.79 Å². The van der Waals surface area contributed by atoms with E-state index in [1.165, 1.54) is 11.1 Å². The number of likely N-dealkylation sites (N-methyl/N-ethyl adjacent to an activating group) is 1. The highest BCUT2D eigenvalue weighted by atomic mass is 16.2. The Kier molecular flexibility index (Phi) is 2.62. The highest BCUT2D eigenvalue weighted by molar-refractivity contribution is 5.85. The van der Waals surface area contributed by atoms with Crippen molar-refractivity contribution >= 4 is 11.6 Å². The van der Waals surface area contributed by atoms with Gasteiger partial charge in [-0.1, -0.05) is 17.7 Å². The Balaban J connectivity index is 2.20. The maximum absolute atomic E-state index is 11.5.